The van der Waals surface area contributed by atoms with E-state index in [0.29, 0.717) is 19.4 Å². The van der Waals surface area contributed by atoms with Gasteiger partial charge in [-0.1, -0.05) is 45.4 Å². The molecular weight excluding hydrogens is 328 g/mol. The van der Waals surface area contributed by atoms with Crippen LogP contribution in [0.2, 0.25) is 0 Å². The monoisotopic (exact) mass is 366 g/mol. The number of carbonyl (C=O) groups is 2. The van der Waals surface area contributed by atoms with Crippen molar-refractivity contribution in [3.05, 3.63) is 0 Å². The summed E-state index contributed by atoms with van der Waals surface area (Å²) in [5.41, 5.74) is 0. The Morgan fingerprint density at radius 3 is 2.35 bits per heavy atom. The van der Waals surface area contributed by atoms with Gasteiger partial charge in [-0.2, -0.15) is 0 Å². The average molecular weight is 367 g/mol. The molecule has 2 heterocycles. The quantitative estimate of drug-likeness (QED) is 0.413. The molecule has 2 fully saturated rings. The predicted molar refractivity (Wildman–Crippen MR) is 104 cm³/mol. The first-order valence-corrected chi connectivity index (χ1v) is 10.9. The SMILES string of the molecule is CCCCCCCC(=O)O[C@@H](CN1CCCCCC1)CN1CCCC1=O. The maximum Gasteiger partial charge on any atom is 0.306 e. The highest BCUT2D eigenvalue weighted by molar-refractivity contribution is 5.78. The third kappa shape index (κ3) is 8.07. The number of amides is 1. The largest absolute Gasteiger partial charge is 0.459 e. The molecule has 26 heavy (non-hydrogen) atoms. The third-order valence-electron chi connectivity index (χ3n) is 5.54. The van der Waals surface area contributed by atoms with Gasteiger partial charge in [0.15, 0.2) is 0 Å². The average Bonchev–Trinajstić information content (AvgIpc) is 2.85. The fourth-order valence-electron chi connectivity index (χ4n) is 4.00. The Balaban J connectivity index is 1.80. The lowest BCUT2D eigenvalue weighted by molar-refractivity contribution is -0.152. The Kier molecular flexibility index (Phi) is 10.0. The van der Waals surface area contributed by atoms with Crippen LogP contribution in [-0.4, -0.2) is 60.5 Å². The molecule has 0 bridgehead atoms. The first kappa shape index (κ1) is 21.2. The molecule has 0 aromatic rings. The van der Waals surface area contributed by atoms with Gasteiger partial charge < -0.3 is 9.64 Å². The number of unbranched alkanes of at least 4 members (excludes halogenated alkanes) is 4. The summed E-state index contributed by atoms with van der Waals surface area (Å²) in [7, 11) is 0. The lowest BCUT2D eigenvalue weighted by Gasteiger charge is -2.29. The zero-order chi connectivity index (χ0) is 18.6. The van der Waals surface area contributed by atoms with E-state index in [1.54, 1.807) is 0 Å². The first-order chi connectivity index (χ1) is 12.7. The van der Waals surface area contributed by atoms with Crippen molar-refractivity contribution in [2.45, 2.75) is 90.1 Å². The van der Waals surface area contributed by atoms with Crippen molar-refractivity contribution in [1.82, 2.24) is 9.80 Å². The van der Waals surface area contributed by atoms with Crippen molar-refractivity contribution in [1.29, 1.82) is 0 Å². The van der Waals surface area contributed by atoms with E-state index in [1.807, 2.05) is 4.90 Å². The maximum atomic E-state index is 12.3. The molecule has 2 aliphatic heterocycles. The second-order valence-corrected chi connectivity index (χ2v) is 7.93. The van der Waals surface area contributed by atoms with Gasteiger partial charge in [-0.15, -0.1) is 0 Å². The van der Waals surface area contributed by atoms with E-state index in [2.05, 4.69) is 11.8 Å². The molecule has 0 N–H and O–H groups in total. The van der Waals surface area contributed by atoms with Gasteiger partial charge in [0, 0.05) is 25.9 Å². The number of likely N-dealkylation sites (tertiary alicyclic amines) is 2. The lowest BCUT2D eigenvalue weighted by atomic mass is 10.1. The predicted octanol–water partition coefficient (Wildman–Crippen LogP) is 3.76. The summed E-state index contributed by atoms with van der Waals surface area (Å²) >= 11 is 0. The molecule has 0 aliphatic carbocycles. The molecule has 0 saturated carbocycles. The van der Waals surface area contributed by atoms with Crippen LogP contribution in [0.5, 0.6) is 0 Å². The number of ether oxygens (including phenoxy) is 1. The van der Waals surface area contributed by atoms with Crippen molar-refractivity contribution in [3.8, 4) is 0 Å². The number of rotatable bonds is 11. The fraction of sp³-hybridized carbons (Fsp3) is 0.905. The Morgan fingerprint density at radius 1 is 0.962 bits per heavy atom. The third-order valence-corrected chi connectivity index (χ3v) is 5.54. The van der Waals surface area contributed by atoms with Crippen molar-refractivity contribution < 1.29 is 14.3 Å². The smallest absolute Gasteiger partial charge is 0.306 e. The highest BCUT2D eigenvalue weighted by Gasteiger charge is 2.27. The zero-order valence-electron chi connectivity index (χ0n) is 16.7. The van der Waals surface area contributed by atoms with E-state index in [9.17, 15) is 9.59 Å². The molecule has 0 spiro atoms. The minimum Gasteiger partial charge on any atom is -0.459 e. The van der Waals surface area contributed by atoms with Crippen molar-refractivity contribution in [3.63, 3.8) is 0 Å². The topological polar surface area (TPSA) is 49.9 Å². The van der Waals surface area contributed by atoms with Crippen molar-refractivity contribution in [2.24, 2.45) is 0 Å². The van der Waals surface area contributed by atoms with Gasteiger partial charge >= 0.3 is 5.97 Å². The molecule has 5 nitrogen and oxygen atoms in total. The van der Waals surface area contributed by atoms with Crippen molar-refractivity contribution >= 4 is 11.9 Å². The normalized spacial score (nSPS) is 20.2. The zero-order valence-corrected chi connectivity index (χ0v) is 16.7. The summed E-state index contributed by atoms with van der Waals surface area (Å²) in [6, 6.07) is 0. The van der Waals surface area contributed by atoms with E-state index in [1.165, 1.54) is 44.9 Å². The van der Waals surface area contributed by atoms with Gasteiger partial charge in [0.2, 0.25) is 5.91 Å². The Bertz CT molecular complexity index is 419. The van der Waals surface area contributed by atoms with Crippen LogP contribution >= 0.6 is 0 Å². The number of esters is 1. The Labute approximate surface area is 159 Å². The van der Waals surface area contributed by atoms with E-state index >= 15 is 0 Å². The second-order valence-electron chi connectivity index (χ2n) is 7.93. The van der Waals surface area contributed by atoms with E-state index in [-0.39, 0.29) is 18.0 Å². The molecule has 5 heteroatoms. The van der Waals surface area contributed by atoms with Crippen LogP contribution in [-0.2, 0) is 14.3 Å². The van der Waals surface area contributed by atoms with Gasteiger partial charge in [0.05, 0.1) is 6.54 Å². The summed E-state index contributed by atoms with van der Waals surface area (Å²) in [5, 5.41) is 0. The highest BCUT2D eigenvalue weighted by atomic mass is 16.5. The number of hydrogen-bond acceptors (Lipinski definition) is 4. The molecule has 1 atom stereocenters. The fourth-order valence-corrected chi connectivity index (χ4v) is 4.00. The second kappa shape index (κ2) is 12.3. The molecule has 2 rings (SSSR count). The van der Waals surface area contributed by atoms with Crippen LogP contribution in [0, 0.1) is 0 Å². The van der Waals surface area contributed by atoms with Crippen LogP contribution in [0.3, 0.4) is 0 Å². The van der Waals surface area contributed by atoms with Gasteiger partial charge in [-0.25, -0.2) is 0 Å². The van der Waals surface area contributed by atoms with Gasteiger partial charge in [-0.05, 0) is 38.8 Å². The molecule has 0 unspecified atom stereocenters. The first-order valence-electron chi connectivity index (χ1n) is 10.9. The maximum absolute atomic E-state index is 12.3. The minimum atomic E-state index is -0.182. The standard InChI is InChI=1S/C21H38N2O3/c1-2-3-4-5-8-13-21(25)26-19(18-23-16-11-12-20(23)24)17-22-14-9-6-7-10-15-22/h19H,2-18H2,1H3/t19-/m0/s1. The van der Waals surface area contributed by atoms with Gasteiger partial charge in [-0.3, -0.25) is 14.5 Å². The highest BCUT2D eigenvalue weighted by Crippen LogP contribution is 2.15. The molecule has 2 saturated heterocycles. The minimum absolute atomic E-state index is 0.0898. The molecule has 0 aromatic heterocycles. The van der Waals surface area contributed by atoms with E-state index in [0.717, 1.165) is 45.4 Å². The lowest BCUT2D eigenvalue weighted by Crippen LogP contribution is -2.43. The molecule has 2 aliphatic rings. The Hall–Kier alpha value is -1.10. The molecule has 150 valence electrons. The Morgan fingerprint density at radius 2 is 1.69 bits per heavy atom. The summed E-state index contributed by atoms with van der Waals surface area (Å²) in [4.78, 5) is 28.6. The summed E-state index contributed by atoms with van der Waals surface area (Å²) in [5.74, 6) is 0.120. The van der Waals surface area contributed by atoms with Crippen LogP contribution in [0.25, 0.3) is 0 Å². The number of hydrogen-bond donors (Lipinski definition) is 0. The summed E-state index contributed by atoms with van der Waals surface area (Å²) in [6.45, 7) is 6.51. The number of nitrogens with zero attached hydrogens (tertiary/aromatic N) is 2. The van der Waals surface area contributed by atoms with E-state index in [4.69, 9.17) is 4.74 Å². The van der Waals surface area contributed by atoms with Crippen molar-refractivity contribution in [2.75, 3.05) is 32.7 Å². The molecule has 0 aromatic carbocycles. The van der Waals surface area contributed by atoms with Crippen LogP contribution < -0.4 is 0 Å². The van der Waals surface area contributed by atoms with E-state index < -0.39 is 0 Å². The number of carbonyl (C=O) groups excluding carboxylic acids is 2. The summed E-state index contributed by atoms with van der Waals surface area (Å²) < 4.78 is 5.84. The van der Waals surface area contributed by atoms with Crippen LogP contribution in [0.1, 0.15) is 84.0 Å². The van der Waals surface area contributed by atoms with Crippen LogP contribution in [0.4, 0.5) is 0 Å². The molecule has 0 radical (unpaired) electrons. The molecular formula is C21H38N2O3. The van der Waals surface area contributed by atoms with Crippen LogP contribution in [0.15, 0.2) is 0 Å². The molecule has 1 amide bonds. The van der Waals surface area contributed by atoms with Gasteiger partial charge in [0.25, 0.3) is 0 Å². The van der Waals surface area contributed by atoms with Gasteiger partial charge in [0.1, 0.15) is 6.10 Å². The summed E-state index contributed by atoms with van der Waals surface area (Å²) in [6.07, 6.45) is 12.6.